The van der Waals surface area contributed by atoms with Crippen LogP contribution in [0.25, 0.3) is 10.6 Å². The lowest BCUT2D eigenvalue weighted by atomic mass is 10.1. The number of hydrogen-bond donors (Lipinski definition) is 1. The third-order valence-electron chi connectivity index (χ3n) is 4.69. The minimum absolute atomic E-state index is 0.149. The van der Waals surface area contributed by atoms with Gasteiger partial charge in [0.05, 0.1) is 15.8 Å². The maximum Gasteiger partial charge on any atom is 0.244 e. The molecule has 1 atom stereocenters. The average Bonchev–Trinajstić information content (AvgIpc) is 3.35. The van der Waals surface area contributed by atoms with Crippen molar-refractivity contribution < 1.29 is 8.42 Å². The molecule has 8 heteroatoms. The average molecular weight is 389 g/mol. The Hall–Kier alpha value is -2.03. The first-order valence-electron chi connectivity index (χ1n) is 8.51. The molecule has 1 saturated heterocycles. The van der Waals surface area contributed by atoms with Crippen LogP contribution in [0.4, 0.5) is 0 Å². The fourth-order valence-corrected chi connectivity index (χ4v) is 6.66. The van der Waals surface area contributed by atoms with E-state index < -0.39 is 10.0 Å². The van der Waals surface area contributed by atoms with Crippen molar-refractivity contribution in [2.45, 2.75) is 37.6 Å². The van der Waals surface area contributed by atoms with Gasteiger partial charge in [-0.3, -0.25) is 10.1 Å². The van der Waals surface area contributed by atoms with E-state index in [9.17, 15) is 8.42 Å². The van der Waals surface area contributed by atoms with Gasteiger partial charge in [0.25, 0.3) is 0 Å². The van der Waals surface area contributed by atoms with E-state index in [1.54, 1.807) is 22.8 Å². The van der Waals surface area contributed by atoms with Crippen LogP contribution in [0, 0.1) is 13.8 Å². The van der Waals surface area contributed by atoms with Crippen LogP contribution in [0.2, 0.25) is 0 Å². The lowest BCUT2D eigenvalue weighted by Gasteiger charge is -2.24. The van der Waals surface area contributed by atoms with E-state index in [0.29, 0.717) is 11.4 Å². The summed E-state index contributed by atoms with van der Waals surface area (Å²) in [5.41, 5.74) is 2.68. The minimum Gasteiger partial charge on any atom is -0.282 e. The summed E-state index contributed by atoms with van der Waals surface area (Å²) in [5, 5.41) is 7.16. The summed E-state index contributed by atoms with van der Waals surface area (Å²) in [6, 6.07) is 7.33. The van der Waals surface area contributed by atoms with Crippen molar-refractivity contribution in [2.24, 2.45) is 0 Å². The fourth-order valence-electron chi connectivity index (χ4n) is 3.45. The van der Waals surface area contributed by atoms with Crippen molar-refractivity contribution >= 4 is 21.4 Å². The Balaban J connectivity index is 1.71. The van der Waals surface area contributed by atoms with Crippen molar-refractivity contribution in [2.75, 3.05) is 6.54 Å². The summed E-state index contributed by atoms with van der Waals surface area (Å²) in [6.07, 6.45) is 5.14. The van der Waals surface area contributed by atoms with Gasteiger partial charge in [0, 0.05) is 29.5 Å². The number of hydrogen-bond acceptors (Lipinski definition) is 5. The molecule has 3 aromatic rings. The molecule has 0 saturated carbocycles. The van der Waals surface area contributed by atoms with E-state index >= 15 is 0 Å². The van der Waals surface area contributed by atoms with Crippen LogP contribution >= 0.6 is 11.3 Å². The molecule has 1 unspecified atom stereocenters. The summed E-state index contributed by atoms with van der Waals surface area (Å²) in [4.78, 5) is 6.19. The number of aryl methyl sites for hydroxylation is 2. The Kier molecular flexibility index (Phi) is 4.42. The molecule has 6 nitrogen and oxygen atoms in total. The van der Waals surface area contributed by atoms with Gasteiger partial charge in [0.2, 0.25) is 10.0 Å². The van der Waals surface area contributed by atoms with E-state index in [0.717, 1.165) is 39.5 Å². The number of nitrogens with zero attached hydrogens (tertiary/aromatic N) is 3. The Morgan fingerprint density at radius 2 is 2.15 bits per heavy atom. The second-order valence-corrected chi connectivity index (χ2v) is 9.64. The van der Waals surface area contributed by atoms with Crippen LogP contribution in [-0.4, -0.2) is 34.4 Å². The molecule has 1 aliphatic rings. The maximum atomic E-state index is 13.4. The van der Waals surface area contributed by atoms with Gasteiger partial charge in [-0.25, -0.2) is 8.42 Å². The normalized spacial score (nSPS) is 18.5. The van der Waals surface area contributed by atoms with Gasteiger partial charge in [-0.2, -0.15) is 9.40 Å². The molecule has 1 aliphatic heterocycles. The molecule has 0 radical (unpaired) electrons. The Bertz CT molecular complexity index is 1020. The number of aromatic nitrogens is 3. The monoisotopic (exact) mass is 388 g/mol. The molecule has 1 fully saturated rings. The summed E-state index contributed by atoms with van der Waals surface area (Å²) in [6.45, 7) is 4.32. The van der Waals surface area contributed by atoms with Crippen LogP contribution in [0.15, 0.2) is 41.6 Å². The predicted molar refractivity (Wildman–Crippen MR) is 101 cm³/mol. The van der Waals surface area contributed by atoms with Gasteiger partial charge in [0.1, 0.15) is 5.69 Å². The Labute approximate surface area is 157 Å². The van der Waals surface area contributed by atoms with Crippen molar-refractivity contribution in [1.82, 2.24) is 19.5 Å². The fraction of sp³-hybridized carbons (Fsp3) is 0.333. The van der Waals surface area contributed by atoms with Crippen LogP contribution < -0.4 is 0 Å². The van der Waals surface area contributed by atoms with Gasteiger partial charge in [-0.05, 0) is 50.5 Å². The van der Waals surface area contributed by atoms with Crippen molar-refractivity contribution in [3.63, 3.8) is 0 Å². The molecule has 0 aliphatic carbocycles. The highest BCUT2D eigenvalue weighted by atomic mass is 32.2. The van der Waals surface area contributed by atoms with Gasteiger partial charge >= 0.3 is 0 Å². The number of H-pyrrole nitrogens is 1. The predicted octanol–water partition coefficient (Wildman–Crippen LogP) is 3.68. The number of aromatic amines is 1. The van der Waals surface area contributed by atoms with Crippen molar-refractivity contribution in [3.8, 4) is 10.6 Å². The van der Waals surface area contributed by atoms with Crippen molar-refractivity contribution in [3.05, 3.63) is 52.8 Å². The molecule has 26 heavy (non-hydrogen) atoms. The SMILES string of the molecule is Cc1cc(-c2cc(S(=O)(=O)N3CCCC3c3cccnc3)c(C)s2)n[nH]1. The smallest absolute Gasteiger partial charge is 0.244 e. The largest absolute Gasteiger partial charge is 0.282 e. The van der Waals surface area contributed by atoms with E-state index in [2.05, 4.69) is 15.2 Å². The lowest BCUT2D eigenvalue weighted by molar-refractivity contribution is 0.396. The second kappa shape index (κ2) is 6.61. The Morgan fingerprint density at radius 3 is 2.85 bits per heavy atom. The molecule has 0 spiro atoms. The summed E-state index contributed by atoms with van der Waals surface area (Å²) < 4.78 is 28.4. The Morgan fingerprint density at radius 1 is 1.31 bits per heavy atom. The van der Waals surface area contributed by atoms with Crippen LogP contribution in [-0.2, 0) is 10.0 Å². The molecular formula is C18H20N4O2S2. The van der Waals surface area contributed by atoms with E-state index in [4.69, 9.17) is 0 Å². The van der Waals surface area contributed by atoms with E-state index in [-0.39, 0.29) is 6.04 Å². The number of thiophene rings is 1. The molecule has 3 aromatic heterocycles. The molecule has 0 aromatic carbocycles. The number of pyridine rings is 1. The zero-order valence-electron chi connectivity index (χ0n) is 14.6. The minimum atomic E-state index is -3.57. The van der Waals surface area contributed by atoms with Crippen LogP contribution in [0.3, 0.4) is 0 Å². The molecule has 0 bridgehead atoms. The third-order valence-corrected chi connectivity index (χ3v) is 7.93. The van der Waals surface area contributed by atoms with E-state index in [1.807, 2.05) is 32.0 Å². The highest BCUT2D eigenvalue weighted by Gasteiger charge is 2.37. The topological polar surface area (TPSA) is 79.0 Å². The van der Waals surface area contributed by atoms with E-state index in [1.165, 1.54) is 11.3 Å². The summed E-state index contributed by atoms with van der Waals surface area (Å²) in [5.74, 6) is 0. The third kappa shape index (κ3) is 2.98. The summed E-state index contributed by atoms with van der Waals surface area (Å²) in [7, 11) is -3.57. The summed E-state index contributed by atoms with van der Waals surface area (Å²) >= 11 is 1.46. The first-order valence-corrected chi connectivity index (χ1v) is 10.8. The van der Waals surface area contributed by atoms with Crippen molar-refractivity contribution in [1.29, 1.82) is 0 Å². The lowest BCUT2D eigenvalue weighted by Crippen LogP contribution is -2.30. The number of sulfonamides is 1. The molecule has 1 N–H and O–H groups in total. The standard InChI is InChI=1S/C18H20N4O2S2/c1-12-9-15(21-20-12)17-10-18(13(2)25-17)26(23,24)22-8-4-6-16(22)14-5-3-7-19-11-14/h3,5,7,9-11,16H,4,6,8H2,1-2H3,(H,20,21). The molecule has 0 amide bonds. The first kappa shape index (κ1) is 17.4. The van der Waals surface area contributed by atoms with Gasteiger partial charge in [-0.1, -0.05) is 6.07 Å². The zero-order valence-corrected chi connectivity index (χ0v) is 16.3. The van der Waals surface area contributed by atoms with Gasteiger partial charge < -0.3 is 0 Å². The second-order valence-electron chi connectivity index (χ2n) is 6.53. The highest BCUT2D eigenvalue weighted by Crippen LogP contribution is 2.40. The van der Waals surface area contributed by atoms with Gasteiger partial charge in [-0.15, -0.1) is 11.3 Å². The van der Waals surface area contributed by atoms with Crippen LogP contribution in [0.5, 0.6) is 0 Å². The highest BCUT2D eigenvalue weighted by molar-refractivity contribution is 7.89. The molecular weight excluding hydrogens is 368 g/mol. The number of nitrogens with one attached hydrogen (secondary N) is 1. The molecule has 136 valence electrons. The van der Waals surface area contributed by atoms with Gasteiger partial charge in [0.15, 0.2) is 0 Å². The molecule has 4 rings (SSSR count). The number of rotatable bonds is 4. The maximum absolute atomic E-state index is 13.4. The quantitative estimate of drug-likeness (QED) is 0.739. The molecule has 4 heterocycles. The van der Waals surface area contributed by atoms with Crippen LogP contribution in [0.1, 0.15) is 35.0 Å². The first-order chi connectivity index (χ1) is 12.5. The zero-order chi connectivity index (χ0) is 18.3.